The SMILES string of the molecule is CC(C)(C)OC(=O)N1CCC2(CC1)N=C(CCCCCCCC(F)(F)F)NC2=O. The van der Waals surface area contributed by atoms with Crippen LogP contribution in [0.2, 0.25) is 0 Å². The van der Waals surface area contributed by atoms with Gasteiger partial charge >= 0.3 is 12.3 Å². The molecule has 1 fully saturated rings. The number of rotatable bonds is 7. The van der Waals surface area contributed by atoms with Crippen LogP contribution in [-0.4, -0.2) is 53.1 Å². The van der Waals surface area contributed by atoms with Gasteiger partial charge in [0.1, 0.15) is 17.0 Å². The van der Waals surface area contributed by atoms with Gasteiger partial charge in [-0.15, -0.1) is 0 Å². The van der Waals surface area contributed by atoms with Gasteiger partial charge in [-0.1, -0.05) is 19.3 Å². The number of amides is 2. The first-order chi connectivity index (χ1) is 13.4. The molecule has 0 aromatic heterocycles. The number of unbranched alkanes of at least 4 members (excludes halogenated alkanes) is 4. The summed E-state index contributed by atoms with van der Waals surface area (Å²) in [4.78, 5) is 30.9. The number of nitrogens with one attached hydrogen (secondary N) is 1. The van der Waals surface area contributed by atoms with Gasteiger partial charge in [-0.2, -0.15) is 13.2 Å². The first-order valence-electron chi connectivity index (χ1n) is 10.4. The second-order valence-electron chi connectivity index (χ2n) is 8.89. The summed E-state index contributed by atoms with van der Waals surface area (Å²) in [6, 6.07) is 0. The molecule has 0 atom stereocenters. The van der Waals surface area contributed by atoms with E-state index in [1.54, 1.807) is 4.90 Å². The number of likely N-dealkylation sites (tertiary alicyclic amines) is 1. The van der Waals surface area contributed by atoms with E-state index in [1.807, 2.05) is 20.8 Å². The van der Waals surface area contributed by atoms with Gasteiger partial charge in [0.05, 0.1) is 0 Å². The highest BCUT2D eigenvalue weighted by molar-refractivity contribution is 6.08. The Hall–Kier alpha value is -1.80. The van der Waals surface area contributed by atoms with E-state index in [2.05, 4.69) is 10.3 Å². The monoisotopic (exact) mass is 419 g/mol. The number of amidine groups is 1. The Morgan fingerprint density at radius 3 is 2.28 bits per heavy atom. The van der Waals surface area contributed by atoms with Gasteiger partial charge < -0.3 is 15.0 Å². The predicted molar refractivity (Wildman–Crippen MR) is 104 cm³/mol. The molecule has 1 saturated heterocycles. The van der Waals surface area contributed by atoms with E-state index < -0.39 is 23.7 Å². The first kappa shape index (κ1) is 23.5. The van der Waals surface area contributed by atoms with Gasteiger partial charge in [-0.25, -0.2) is 4.79 Å². The summed E-state index contributed by atoms with van der Waals surface area (Å²) in [5.74, 6) is 0.525. The van der Waals surface area contributed by atoms with E-state index in [0.717, 1.165) is 19.3 Å². The average Bonchev–Trinajstić information content (AvgIpc) is 2.87. The molecule has 2 aliphatic rings. The van der Waals surface area contributed by atoms with Crippen molar-refractivity contribution < 1.29 is 27.5 Å². The highest BCUT2D eigenvalue weighted by Crippen LogP contribution is 2.31. The Balaban J connectivity index is 1.72. The Kier molecular flexibility index (Phi) is 7.56. The molecule has 0 unspecified atom stereocenters. The number of carbonyl (C=O) groups excluding carboxylic acids is 2. The molecule has 0 aromatic rings. The van der Waals surface area contributed by atoms with E-state index >= 15 is 0 Å². The number of alkyl halides is 3. The lowest BCUT2D eigenvalue weighted by Gasteiger charge is -2.36. The molecule has 0 saturated carbocycles. The quantitative estimate of drug-likeness (QED) is 0.614. The molecule has 0 radical (unpaired) electrons. The third-order valence-corrected chi connectivity index (χ3v) is 5.15. The highest BCUT2D eigenvalue weighted by Gasteiger charge is 2.46. The number of carbonyl (C=O) groups is 2. The molecule has 0 aliphatic carbocycles. The van der Waals surface area contributed by atoms with Crippen LogP contribution in [0.4, 0.5) is 18.0 Å². The average molecular weight is 419 g/mol. The largest absolute Gasteiger partial charge is 0.444 e. The predicted octanol–water partition coefficient (Wildman–Crippen LogP) is 4.58. The van der Waals surface area contributed by atoms with Gasteiger partial charge in [0.25, 0.3) is 5.91 Å². The molecule has 2 amide bonds. The van der Waals surface area contributed by atoms with Crippen LogP contribution >= 0.6 is 0 Å². The minimum Gasteiger partial charge on any atom is -0.444 e. The van der Waals surface area contributed by atoms with Crippen molar-refractivity contribution in [3.05, 3.63) is 0 Å². The lowest BCUT2D eigenvalue weighted by Crippen LogP contribution is -2.51. The third kappa shape index (κ3) is 7.51. The van der Waals surface area contributed by atoms with E-state index in [9.17, 15) is 22.8 Å². The minimum absolute atomic E-state index is 0.124. The van der Waals surface area contributed by atoms with Crippen LogP contribution in [0.15, 0.2) is 4.99 Å². The lowest BCUT2D eigenvalue weighted by molar-refractivity contribution is -0.135. The fraction of sp³-hybridized carbons (Fsp3) is 0.850. The van der Waals surface area contributed by atoms with Crippen LogP contribution in [0, 0.1) is 0 Å². The molecule has 0 aromatic carbocycles. The number of hydrogen-bond donors (Lipinski definition) is 1. The van der Waals surface area contributed by atoms with Gasteiger partial charge in [-0.05, 0) is 46.5 Å². The second-order valence-corrected chi connectivity index (χ2v) is 8.89. The van der Waals surface area contributed by atoms with Crippen molar-refractivity contribution in [2.45, 2.75) is 95.9 Å². The summed E-state index contributed by atoms with van der Waals surface area (Å²) in [6.45, 7) is 6.27. The normalized spacial score (nSPS) is 19.3. The molecule has 166 valence electrons. The molecule has 2 rings (SSSR count). The molecule has 29 heavy (non-hydrogen) atoms. The Bertz CT molecular complexity index is 619. The standard InChI is InChI=1S/C20H32F3N3O3/c1-18(2,3)29-17(28)26-13-11-19(12-14-26)16(27)24-15(25-19)9-7-5-4-6-8-10-20(21,22)23/h4-14H2,1-3H3,(H,24,25,27). The zero-order valence-corrected chi connectivity index (χ0v) is 17.5. The third-order valence-electron chi connectivity index (χ3n) is 5.15. The Morgan fingerprint density at radius 2 is 1.69 bits per heavy atom. The van der Waals surface area contributed by atoms with Crippen molar-refractivity contribution in [1.82, 2.24) is 10.2 Å². The van der Waals surface area contributed by atoms with Crippen LogP contribution in [0.25, 0.3) is 0 Å². The molecule has 2 aliphatic heterocycles. The number of ether oxygens (including phenoxy) is 1. The number of nitrogens with zero attached hydrogens (tertiary/aromatic N) is 2. The van der Waals surface area contributed by atoms with E-state index in [4.69, 9.17) is 4.74 Å². The van der Waals surface area contributed by atoms with Crippen molar-refractivity contribution in [2.24, 2.45) is 4.99 Å². The summed E-state index contributed by atoms with van der Waals surface area (Å²) in [6.07, 6.45) is -0.582. The summed E-state index contributed by atoms with van der Waals surface area (Å²) in [5, 5.41) is 2.85. The molecule has 9 heteroatoms. The van der Waals surface area contributed by atoms with Gasteiger partial charge in [0.2, 0.25) is 0 Å². The van der Waals surface area contributed by atoms with E-state index in [1.165, 1.54) is 0 Å². The van der Waals surface area contributed by atoms with Gasteiger partial charge in [0.15, 0.2) is 0 Å². The van der Waals surface area contributed by atoms with Gasteiger partial charge in [0, 0.05) is 25.9 Å². The van der Waals surface area contributed by atoms with Crippen molar-refractivity contribution >= 4 is 17.8 Å². The molecule has 0 bridgehead atoms. The zero-order valence-electron chi connectivity index (χ0n) is 17.5. The highest BCUT2D eigenvalue weighted by atomic mass is 19.4. The van der Waals surface area contributed by atoms with Crippen LogP contribution in [0.3, 0.4) is 0 Å². The molecule has 1 N–H and O–H groups in total. The Morgan fingerprint density at radius 1 is 1.10 bits per heavy atom. The summed E-state index contributed by atoms with van der Waals surface area (Å²) in [5.41, 5.74) is -1.37. The van der Waals surface area contributed by atoms with E-state index in [0.29, 0.717) is 44.6 Å². The molecule has 1 spiro atoms. The summed E-state index contributed by atoms with van der Waals surface area (Å²) >= 11 is 0. The summed E-state index contributed by atoms with van der Waals surface area (Å²) < 4.78 is 41.7. The van der Waals surface area contributed by atoms with Gasteiger partial charge in [-0.3, -0.25) is 9.79 Å². The van der Waals surface area contributed by atoms with Crippen molar-refractivity contribution in [2.75, 3.05) is 13.1 Å². The van der Waals surface area contributed by atoms with Crippen molar-refractivity contribution in [3.8, 4) is 0 Å². The van der Waals surface area contributed by atoms with E-state index in [-0.39, 0.29) is 18.4 Å². The molecular weight excluding hydrogens is 387 g/mol. The zero-order chi connectivity index (χ0) is 21.7. The van der Waals surface area contributed by atoms with Crippen LogP contribution in [0.5, 0.6) is 0 Å². The second kappa shape index (κ2) is 9.34. The fourth-order valence-corrected chi connectivity index (χ4v) is 3.58. The maximum Gasteiger partial charge on any atom is 0.410 e. The number of hydrogen-bond acceptors (Lipinski definition) is 4. The van der Waals surface area contributed by atoms with Crippen LogP contribution in [0.1, 0.15) is 78.6 Å². The first-order valence-corrected chi connectivity index (χ1v) is 10.4. The molecule has 6 nitrogen and oxygen atoms in total. The topological polar surface area (TPSA) is 71.0 Å². The molecule has 2 heterocycles. The van der Waals surface area contributed by atoms with Crippen LogP contribution < -0.4 is 5.32 Å². The maximum absolute atomic E-state index is 12.5. The maximum atomic E-state index is 12.5. The van der Waals surface area contributed by atoms with Crippen molar-refractivity contribution in [1.29, 1.82) is 0 Å². The van der Waals surface area contributed by atoms with Crippen LogP contribution in [-0.2, 0) is 9.53 Å². The molecular formula is C20H32F3N3O3. The minimum atomic E-state index is -4.07. The van der Waals surface area contributed by atoms with Crippen molar-refractivity contribution in [3.63, 3.8) is 0 Å². The number of halogens is 3. The fourth-order valence-electron chi connectivity index (χ4n) is 3.58. The number of piperidine rings is 1. The summed E-state index contributed by atoms with van der Waals surface area (Å²) in [7, 11) is 0. The lowest BCUT2D eigenvalue weighted by atomic mass is 9.88. The smallest absolute Gasteiger partial charge is 0.410 e. The number of aliphatic imine (C=N–C) groups is 1. The Labute approximate surface area is 170 Å².